The molecule has 0 aliphatic rings. The maximum Gasteiger partial charge on any atom is 0.339 e. The Kier molecular flexibility index (Phi) is 3.56. The summed E-state index contributed by atoms with van der Waals surface area (Å²) in [6, 6.07) is 11.6. The van der Waals surface area contributed by atoms with E-state index in [1.807, 2.05) is 12.1 Å². The summed E-state index contributed by atoms with van der Waals surface area (Å²) in [5.41, 5.74) is 11.1. The molecule has 2 rings (SSSR count). The molecule has 0 aliphatic carbocycles. The average molecular weight is 255 g/mol. The smallest absolute Gasteiger partial charge is 0.339 e. The molecular formula is C16H17NO2. The molecule has 0 fully saturated rings. The highest BCUT2D eigenvalue weighted by molar-refractivity contribution is 5.96. The third-order valence-corrected chi connectivity index (χ3v) is 3.30. The van der Waals surface area contributed by atoms with Crippen molar-refractivity contribution in [1.29, 1.82) is 0 Å². The Hall–Kier alpha value is -2.29. The van der Waals surface area contributed by atoms with Crippen LogP contribution in [0.2, 0.25) is 0 Å². The van der Waals surface area contributed by atoms with Crippen molar-refractivity contribution in [2.75, 3.05) is 12.8 Å². The van der Waals surface area contributed by atoms with Gasteiger partial charge in [0.15, 0.2) is 0 Å². The molecule has 2 aromatic carbocycles. The van der Waals surface area contributed by atoms with Crippen LogP contribution in [0.5, 0.6) is 0 Å². The molecule has 2 aromatic rings. The highest BCUT2D eigenvalue weighted by Gasteiger charge is 2.11. The maximum atomic E-state index is 11.6. The van der Waals surface area contributed by atoms with E-state index in [2.05, 4.69) is 26.0 Å². The third-order valence-electron chi connectivity index (χ3n) is 3.30. The van der Waals surface area contributed by atoms with Gasteiger partial charge < -0.3 is 10.5 Å². The van der Waals surface area contributed by atoms with Gasteiger partial charge in [-0.05, 0) is 48.2 Å². The number of anilines is 1. The molecule has 0 amide bonds. The number of nitrogen functional groups attached to an aromatic ring is 1. The van der Waals surface area contributed by atoms with Gasteiger partial charge in [-0.1, -0.05) is 24.3 Å². The first-order chi connectivity index (χ1) is 9.02. The fourth-order valence-corrected chi connectivity index (χ4v) is 1.94. The summed E-state index contributed by atoms with van der Waals surface area (Å²) in [7, 11) is 1.35. The highest BCUT2D eigenvalue weighted by atomic mass is 16.5. The Morgan fingerprint density at radius 1 is 1.00 bits per heavy atom. The van der Waals surface area contributed by atoms with Crippen LogP contribution in [0, 0.1) is 13.8 Å². The van der Waals surface area contributed by atoms with Crippen molar-refractivity contribution in [3.05, 3.63) is 53.1 Å². The molecule has 0 aliphatic heterocycles. The Balaban J connectivity index is 2.51. The van der Waals surface area contributed by atoms with E-state index >= 15 is 0 Å². The van der Waals surface area contributed by atoms with Gasteiger partial charge in [0.2, 0.25) is 0 Å². The second kappa shape index (κ2) is 5.14. The lowest BCUT2D eigenvalue weighted by Crippen LogP contribution is -2.05. The standard InChI is InChI=1S/C16H17NO2/c1-10-4-5-12(8-11(10)2)13-6-7-15(17)14(9-13)16(18)19-3/h4-9H,17H2,1-3H3. The first-order valence-corrected chi connectivity index (χ1v) is 6.08. The molecule has 0 spiro atoms. The zero-order chi connectivity index (χ0) is 14.0. The van der Waals surface area contributed by atoms with Crippen LogP contribution in [0.15, 0.2) is 36.4 Å². The highest BCUT2D eigenvalue weighted by Crippen LogP contribution is 2.26. The van der Waals surface area contributed by atoms with Gasteiger partial charge in [0.1, 0.15) is 0 Å². The van der Waals surface area contributed by atoms with E-state index in [1.54, 1.807) is 12.1 Å². The molecule has 0 aromatic heterocycles. The Morgan fingerprint density at radius 2 is 1.63 bits per heavy atom. The Morgan fingerprint density at radius 3 is 2.26 bits per heavy atom. The van der Waals surface area contributed by atoms with Gasteiger partial charge in [-0.3, -0.25) is 0 Å². The van der Waals surface area contributed by atoms with Gasteiger partial charge in [0, 0.05) is 5.69 Å². The molecule has 0 heterocycles. The van der Waals surface area contributed by atoms with Crippen LogP contribution in [-0.4, -0.2) is 13.1 Å². The summed E-state index contributed by atoms with van der Waals surface area (Å²) in [6.07, 6.45) is 0. The quantitative estimate of drug-likeness (QED) is 0.661. The van der Waals surface area contributed by atoms with E-state index in [9.17, 15) is 4.79 Å². The van der Waals surface area contributed by atoms with Gasteiger partial charge in [-0.25, -0.2) is 4.79 Å². The van der Waals surface area contributed by atoms with Crippen LogP contribution in [0.25, 0.3) is 11.1 Å². The minimum atomic E-state index is -0.414. The minimum absolute atomic E-state index is 0.401. The number of hydrogen-bond acceptors (Lipinski definition) is 3. The Bertz CT molecular complexity index is 633. The number of esters is 1. The molecule has 98 valence electrons. The van der Waals surface area contributed by atoms with Gasteiger partial charge in [0.25, 0.3) is 0 Å². The molecule has 3 heteroatoms. The van der Waals surface area contributed by atoms with Crippen molar-refractivity contribution in [2.45, 2.75) is 13.8 Å². The van der Waals surface area contributed by atoms with E-state index in [4.69, 9.17) is 10.5 Å². The maximum absolute atomic E-state index is 11.6. The van der Waals surface area contributed by atoms with Crippen molar-refractivity contribution < 1.29 is 9.53 Å². The molecule has 2 N–H and O–H groups in total. The lowest BCUT2D eigenvalue weighted by atomic mass is 9.98. The van der Waals surface area contributed by atoms with Gasteiger partial charge in [-0.2, -0.15) is 0 Å². The predicted octanol–water partition coefficient (Wildman–Crippen LogP) is 3.34. The SMILES string of the molecule is COC(=O)c1cc(-c2ccc(C)c(C)c2)ccc1N. The van der Waals surface area contributed by atoms with E-state index in [0.717, 1.165) is 11.1 Å². The third kappa shape index (κ3) is 2.60. The lowest BCUT2D eigenvalue weighted by molar-refractivity contribution is 0.0602. The van der Waals surface area contributed by atoms with Crippen molar-refractivity contribution in [2.24, 2.45) is 0 Å². The predicted molar refractivity (Wildman–Crippen MR) is 77.1 cm³/mol. The molecule has 0 saturated heterocycles. The van der Waals surface area contributed by atoms with Crippen molar-refractivity contribution >= 4 is 11.7 Å². The summed E-state index contributed by atoms with van der Waals surface area (Å²) in [5, 5.41) is 0. The molecule has 0 unspecified atom stereocenters. The normalized spacial score (nSPS) is 10.3. The lowest BCUT2D eigenvalue weighted by Gasteiger charge is -2.09. The summed E-state index contributed by atoms with van der Waals surface area (Å²) in [6.45, 7) is 4.14. The molecule has 0 atom stereocenters. The number of ether oxygens (including phenoxy) is 1. The number of rotatable bonds is 2. The van der Waals surface area contributed by atoms with Gasteiger partial charge in [0.05, 0.1) is 12.7 Å². The van der Waals surface area contributed by atoms with E-state index in [0.29, 0.717) is 11.3 Å². The summed E-state index contributed by atoms with van der Waals surface area (Å²) in [4.78, 5) is 11.6. The van der Waals surface area contributed by atoms with Gasteiger partial charge >= 0.3 is 5.97 Å². The number of methoxy groups -OCH3 is 1. The fraction of sp³-hybridized carbons (Fsp3) is 0.188. The largest absolute Gasteiger partial charge is 0.465 e. The molecular weight excluding hydrogens is 238 g/mol. The summed E-state index contributed by atoms with van der Waals surface area (Å²) < 4.78 is 4.73. The number of benzene rings is 2. The van der Waals surface area contributed by atoms with Crippen LogP contribution in [0.1, 0.15) is 21.5 Å². The molecule has 19 heavy (non-hydrogen) atoms. The van der Waals surface area contributed by atoms with Crippen LogP contribution in [0.4, 0.5) is 5.69 Å². The number of carbonyl (C=O) groups is 1. The summed E-state index contributed by atoms with van der Waals surface area (Å²) in [5.74, 6) is -0.414. The molecule has 0 saturated carbocycles. The van der Waals surface area contributed by atoms with E-state index < -0.39 is 5.97 Å². The minimum Gasteiger partial charge on any atom is -0.465 e. The molecule has 0 radical (unpaired) electrons. The first kappa shape index (κ1) is 13.1. The monoisotopic (exact) mass is 255 g/mol. The second-order valence-corrected chi connectivity index (χ2v) is 4.59. The Labute approximate surface area is 113 Å². The van der Waals surface area contributed by atoms with Crippen LogP contribution in [0.3, 0.4) is 0 Å². The number of hydrogen-bond donors (Lipinski definition) is 1. The number of nitrogens with two attached hydrogens (primary N) is 1. The number of carbonyl (C=O) groups excluding carboxylic acids is 1. The first-order valence-electron chi connectivity index (χ1n) is 6.08. The second-order valence-electron chi connectivity index (χ2n) is 4.59. The zero-order valence-electron chi connectivity index (χ0n) is 11.4. The van der Waals surface area contributed by atoms with Crippen molar-refractivity contribution in [3.8, 4) is 11.1 Å². The average Bonchev–Trinajstić information content (AvgIpc) is 2.41. The van der Waals surface area contributed by atoms with E-state index in [-0.39, 0.29) is 0 Å². The fourth-order valence-electron chi connectivity index (χ4n) is 1.94. The number of aryl methyl sites for hydroxylation is 2. The summed E-state index contributed by atoms with van der Waals surface area (Å²) >= 11 is 0. The van der Waals surface area contributed by atoms with E-state index in [1.165, 1.54) is 18.2 Å². The topological polar surface area (TPSA) is 52.3 Å². The van der Waals surface area contributed by atoms with Crippen LogP contribution >= 0.6 is 0 Å². The van der Waals surface area contributed by atoms with Crippen molar-refractivity contribution in [3.63, 3.8) is 0 Å². The van der Waals surface area contributed by atoms with Crippen LogP contribution < -0.4 is 5.73 Å². The van der Waals surface area contributed by atoms with Gasteiger partial charge in [-0.15, -0.1) is 0 Å². The molecule has 3 nitrogen and oxygen atoms in total. The molecule has 0 bridgehead atoms. The zero-order valence-corrected chi connectivity index (χ0v) is 11.4. The van der Waals surface area contributed by atoms with Crippen LogP contribution in [-0.2, 0) is 4.74 Å². The van der Waals surface area contributed by atoms with Crippen molar-refractivity contribution in [1.82, 2.24) is 0 Å².